The van der Waals surface area contributed by atoms with Gasteiger partial charge in [0.1, 0.15) is 10.6 Å². The first-order chi connectivity index (χ1) is 13.9. The zero-order valence-electron chi connectivity index (χ0n) is 15.6. The highest BCUT2D eigenvalue weighted by molar-refractivity contribution is 7.92. The van der Waals surface area contributed by atoms with Gasteiger partial charge in [0.15, 0.2) is 0 Å². The van der Waals surface area contributed by atoms with Gasteiger partial charge < -0.3 is 4.74 Å². The maximum absolute atomic E-state index is 12.9. The third kappa shape index (κ3) is 3.64. The predicted octanol–water partition coefficient (Wildman–Crippen LogP) is 4.17. The predicted molar refractivity (Wildman–Crippen MR) is 112 cm³/mol. The molecule has 9 heteroatoms. The number of hydrogen-bond acceptors (Lipinski definition) is 5. The van der Waals surface area contributed by atoms with Gasteiger partial charge in [0, 0.05) is 34.4 Å². The first-order valence-corrected chi connectivity index (χ1v) is 10.5. The molecular formula is C20H17ClN4O3S. The van der Waals surface area contributed by atoms with Gasteiger partial charge in [-0.2, -0.15) is 0 Å². The minimum absolute atomic E-state index is 0.0361. The van der Waals surface area contributed by atoms with E-state index in [9.17, 15) is 8.42 Å². The highest BCUT2D eigenvalue weighted by atomic mass is 35.5. The van der Waals surface area contributed by atoms with Gasteiger partial charge in [-0.1, -0.05) is 23.7 Å². The molecular weight excluding hydrogens is 412 g/mol. The minimum Gasteiger partial charge on any atom is -0.495 e. The van der Waals surface area contributed by atoms with Crippen molar-refractivity contribution in [2.45, 2.75) is 11.8 Å². The first-order valence-electron chi connectivity index (χ1n) is 8.65. The van der Waals surface area contributed by atoms with Crippen LogP contribution in [0.2, 0.25) is 5.02 Å². The molecule has 148 valence electrons. The summed E-state index contributed by atoms with van der Waals surface area (Å²) < 4.78 is 35.4. The van der Waals surface area contributed by atoms with Crippen LogP contribution in [0.3, 0.4) is 0 Å². The van der Waals surface area contributed by atoms with E-state index in [-0.39, 0.29) is 10.6 Å². The van der Waals surface area contributed by atoms with Crippen LogP contribution in [0, 0.1) is 6.92 Å². The largest absolute Gasteiger partial charge is 0.495 e. The summed E-state index contributed by atoms with van der Waals surface area (Å²) in [6, 6.07) is 13.3. The number of rotatable bonds is 5. The van der Waals surface area contributed by atoms with Crippen molar-refractivity contribution in [2.75, 3.05) is 11.8 Å². The quantitative estimate of drug-likeness (QED) is 0.515. The lowest BCUT2D eigenvalue weighted by molar-refractivity contribution is 0.403. The van der Waals surface area contributed by atoms with E-state index >= 15 is 0 Å². The van der Waals surface area contributed by atoms with Crippen LogP contribution in [0.1, 0.15) is 5.69 Å². The van der Waals surface area contributed by atoms with Gasteiger partial charge in [0.25, 0.3) is 10.0 Å². The molecule has 0 atom stereocenters. The molecule has 0 fully saturated rings. The second-order valence-electron chi connectivity index (χ2n) is 6.32. The summed E-state index contributed by atoms with van der Waals surface area (Å²) in [4.78, 5) is 8.77. The van der Waals surface area contributed by atoms with Gasteiger partial charge in [-0.3, -0.25) is 9.12 Å². The molecule has 7 nitrogen and oxygen atoms in total. The van der Waals surface area contributed by atoms with E-state index in [1.54, 1.807) is 30.5 Å². The lowest BCUT2D eigenvalue weighted by atomic mass is 10.1. The lowest BCUT2D eigenvalue weighted by Crippen LogP contribution is -2.14. The summed E-state index contributed by atoms with van der Waals surface area (Å²) in [7, 11) is -2.50. The average Bonchev–Trinajstić information content (AvgIpc) is 3.05. The molecule has 0 aliphatic rings. The van der Waals surface area contributed by atoms with E-state index in [4.69, 9.17) is 16.3 Å². The van der Waals surface area contributed by atoms with Crippen molar-refractivity contribution in [2.24, 2.45) is 0 Å². The summed E-state index contributed by atoms with van der Waals surface area (Å²) in [5, 5.41) is 0.299. The zero-order valence-corrected chi connectivity index (χ0v) is 17.2. The second-order valence-corrected chi connectivity index (χ2v) is 8.40. The summed E-state index contributed by atoms with van der Waals surface area (Å²) in [5.74, 6) is 0.787. The van der Waals surface area contributed by atoms with E-state index in [0.717, 1.165) is 17.0 Å². The molecule has 0 aliphatic heterocycles. The zero-order chi connectivity index (χ0) is 20.6. The number of nitrogens with one attached hydrogen (secondary N) is 1. The Labute approximate surface area is 173 Å². The Morgan fingerprint density at radius 2 is 1.97 bits per heavy atom. The average molecular weight is 429 g/mol. The number of aryl methyl sites for hydroxylation is 1. The summed E-state index contributed by atoms with van der Waals surface area (Å²) in [6.45, 7) is 1.94. The monoisotopic (exact) mass is 428 g/mol. The van der Waals surface area contributed by atoms with Gasteiger partial charge in [-0.25, -0.2) is 18.4 Å². The normalized spacial score (nSPS) is 11.6. The summed E-state index contributed by atoms with van der Waals surface area (Å²) in [5.41, 5.74) is 2.80. The fourth-order valence-corrected chi connectivity index (χ4v) is 4.56. The van der Waals surface area contributed by atoms with Crippen LogP contribution in [0.15, 0.2) is 65.8 Å². The van der Waals surface area contributed by atoms with E-state index in [0.29, 0.717) is 16.5 Å². The Bertz CT molecular complexity index is 1320. The van der Waals surface area contributed by atoms with Crippen molar-refractivity contribution >= 4 is 33.1 Å². The fraction of sp³-hybridized carbons (Fsp3) is 0.100. The van der Waals surface area contributed by atoms with Crippen LogP contribution >= 0.6 is 11.6 Å². The van der Waals surface area contributed by atoms with Crippen molar-refractivity contribution in [1.82, 2.24) is 14.4 Å². The van der Waals surface area contributed by atoms with Crippen LogP contribution in [-0.2, 0) is 10.0 Å². The highest BCUT2D eigenvalue weighted by Gasteiger charge is 2.21. The van der Waals surface area contributed by atoms with Crippen molar-refractivity contribution in [3.05, 3.63) is 71.6 Å². The number of fused-ring (bicyclic) bond motifs is 1. The minimum atomic E-state index is -3.91. The number of sulfonamides is 1. The van der Waals surface area contributed by atoms with Crippen LogP contribution in [-0.4, -0.2) is 29.9 Å². The number of methoxy groups -OCH3 is 1. The molecule has 4 rings (SSSR count). The van der Waals surface area contributed by atoms with Gasteiger partial charge in [0.2, 0.25) is 5.78 Å². The van der Waals surface area contributed by atoms with E-state index in [1.807, 2.05) is 29.7 Å². The number of halogens is 1. The SMILES string of the molecule is COc1ccc(Cl)cc1S(=O)(=O)Nc1cccc(-c2nc3ncccn3c2C)c1. The van der Waals surface area contributed by atoms with Gasteiger partial charge in [-0.15, -0.1) is 0 Å². The van der Waals surface area contributed by atoms with Crippen molar-refractivity contribution in [3.8, 4) is 17.0 Å². The summed E-state index contributed by atoms with van der Waals surface area (Å²) in [6.07, 6.45) is 3.56. The third-order valence-corrected chi connectivity index (χ3v) is 6.08. The maximum Gasteiger partial charge on any atom is 0.265 e. The van der Waals surface area contributed by atoms with E-state index in [1.165, 1.54) is 19.2 Å². The molecule has 0 radical (unpaired) electrons. The maximum atomic E-state index is 12.9. The lowest BCUT2D eigenvalue weighted by Gasteiger charge is -2.12. The Hall–Kier alpha value is -3.10. The molecule has 29 heavy (non-hydrogen) atoms. The number of hydrogen-bond donors (Lipinski definition) is 1. The van der Waals surface area contributed by atoms with Crippen LogP contribution in [0.5, 0.6) is 5.75 Å². The molecule has 0 unspecified atom stereocenters. The standard InChI is InChI=1S/C20H17ClN4O3S/c1-13-19(23-20-22-9-4-10-25(13)20)14-5-3-6-16(11-14)24-29(26,27)18-12-15(21)7-8-17(18)28-2/h3-12,24H,1-2H3. The number of nitrogens with zero attached hydrogens (tertiary/aromatic N) is 3. The van der Waals surface area contributed by atoms with Crippen LogP contribution in [0.4, 0.5) is 5.69 Å². The molecule has 0 saturated heterocycles. The Kier molecular flexibility index (Phi) is 4.89. The van der Waals surface area contributed by atoms with Crippen molar-refractivity contribution in [3.63, 3.8) is 0 Å². The van der Waals surface area contributed by atoms with Crippen LogP contribution < -0.4 is 9.46 Å². The molecule has 2 aromatic carbocycles. The molecule has 0 amide bonds. The van der Waals surface area contributed by atoms with Crippen LogP contribution in [0.25, 0.3) is 17.0 Å². The van der Waals surface area contributed by atoms with E-state index in [2.05, 4.69) is 14.7 Å². The van der Waals surface area contributed by atoms with E-state index < -0.39 is 10.0 Å². The number of aromatic nitrogens is 3. The van der Waals surface area contributed by atoms with Gasteiger partial charge >= 0.3 is 0 Å². The number of anilines is 1. The third-order valence-electron chi connectivity index (χ3n) is 4.45. The second kappa shape index (κ2) is 7.38. The Morgan fingerprint density at radius 1 is 1.14 bits per heavy atom. The molecule has 1 N–H and O–H groups in total. The Balaban J connectivity index is 1.73. The summed E-state index contributed by atoms with van der Waals surface area (Å²) >= 11 is 5.98. The molecule has 0 spiro atoms. The molecule has 2 aromatic heterocycles. The Morgan fingerprint density at radius 3 is 2.72 bits per heavy atom. The molecule has 0 bridgehead atoms. The van der Waals surface area contributed by atoms with Gasteiger partial charge in [0.05, 0.1) is 12.8 Å². The first kappa shape index (κ1) is 19.2. The van der Waals surface area contributed by atoms with Crippen molar-refractivity contribution < 1.29 is 13.2 Å². The van der Waals surface area contributed by atoms with Gasteiger partial charge in [-0.05, 0) is 43.3 Å². The smallest absolute Gasteiger partial charge is 0.265 e. The molecule has 0 aliphatic carbocycles. The molecule has 4 aromatic rings. The van der Waals surface area contributed by atoms with Crippen molar-refractivity contribution in [1.29, 1.82) is 0 Å². The fourth-order valence-electron chi connectivity index (χ4n) is 3.08. The number of benzene rings is 2. The topological polar surface area (TPSA) is 85.6 Å². The highest BCUT2D eigenvalue weighted by Crippen LogP contribution is 2.30. The number of ether oxygens (including phenoxy) is 1. The molecule has 2 heterocycles. The molecule has 0 saturated carbocycles. The number of imidazole rings is 1.